The molecule has 1 atom stereocenters. The molecule has 0 radical (unpaired) electrons. The predicted octanol–water partition coefficient (Wildman–Crippen LogP) is 0.648. The maximum Gasteiger partial charge on any atom is 0.321 e. The van der Waals surface area contributed by atoms with Crippen molar-refractivity contribution in [2.75, 3.05) is 33.2 Å². The zero-order chi connectivity index (χ0) is 15.9. The molecule has 1 aromatic rings. The van der Waals surface area contributed by atoms with Crippen LogP contribution in [0.5, 0.6) is 0 Å². The maximum atomic E-state index is 12.0. The van der Waals surface area contributed by atoms with Gasteiger partial charge in [0.25, 0.3) is 0 Å². The standard InChI is InChI=1S/C16H24N4O2/c1-13(15(21)18-16(22)17-2)20-10-8-19(9-11-20)12-14-6-4-3-5-7-14/h3-7,13H,8-12H2,1-2H3,(H2,17,18,21,22)/t13-/m0/s1. The SMILES string of the molecule is CNC(=O)NC(=O)[C@H](C)N1CCN(Cc2ccccc2)CC1. The van der Waals surface area contributed by atoms with Crippen LogP contribution in [0, 0.1) is 0 Å². The van der Waals surface area contributed by atoms with Crippen molar-refractivity contribution < 1.29 is 9.59 Å². The summed E-state index contributed by atoms with van der Waals surface area (Å²) in [7, 11) is 1.50. The summed E-state index contributed by atoms with van der Waals surface area (Å²) < 4.78 is 0. The highest BCUT2D eigenvalue weighted by Crippen LogP contribution is 2.10. The summed E-state index contributed by atoms with van der Waals surface area (Å²) in [6, 6.07) is 9.63. The van der Waals surface area contributed by atoms with Crippen molar-refractivity contribution in [3.05, 3.63) is 35.9 Å². The van der Waals surface area contributed by atoms with Gasteiger partial charge in [-0.3, -0.25) is 19.9 Å². The Balaban J connectivity index is 1.79. The van der Waals surface area contributed by atoms with Gasteiger partial charge in [0, 0.05) is 39.8 Å². The number of amides is 3. The van der Waals surface area contributed by atoms with E-state index < -0.39 is 6.03 Å². The Hall–Kier alpha value is -1.92. The van der Waals surface area contributed by atoms with Gasteiger partial charge in [-0.05, 0) is 12.5 Å². The first-order chi connectivity index (χ1) is 10.6. The average Bonchev–Trinajstić information content (AvgIpc) is 2.55. The first-order valence-electron chi connectivity index (χ1n) is 7.63. The number of hydrogen-bond donors (Lipinski definition) is 2. The van der Waals surface area contributed by atoms with Crippen LogP contribution in [0.15, 0.2) is 30.3 Å². The smallest absolute Gasteiger partial charge is 0.321 e. The van der Waals surface area contributed by atoms with Gasteiger partial charge in [0.2, 0.25) is 5.91 Å². The molecular formula is C16H24N4O2. The van der Waals surface area contributed by atoms with E-state index in [9.17, 15) is 9.59 Å². The average molecular weight is 304 g/mol. The lowest BCUT2D eigenvalue weighted by atomic mass is 10.1. The number of hydrogen-bond acceptors (Lipinski definition) is 4. The Morgan fingerprint density at radius 1 is 1.14 bits per heavy atom. The molecule has 22 heavy (non-hydrogen) atoms. The van der Waals surface area contributed by atoms with Crippen LogP contribution in [0.4, 0.5) is 4.79 Å². The van der Waals surface area contributed by atoms with Crippen molar-refractivity contribution in [2.24, 2.45) is 0 Å². The molecule has 1 aliphatic heterocycles. The molecule has 6 nitrogen and oxygen atoms in total. The molecule has 2 N–H and O–H groups in total. The van der Waals surface area contributed by atoms with Crippen LogP contribution in [0.2, 0.25) is 0 Å². The molecule has 120 valence electrons. The minimum atomic E-state index is -0.459. The molecule has 0 aliphatic carbocycles. The minimum absolute atomic E-state index is 0.254. The number of carbonyl (C=O) groups is 2. The van der Waals surface area contributed by atoms with Crippen LogP contribution >= 0.6 is 0 Å². The van der Waals surface area contributed by atoms with E-state index in [1.54, 1.807) is 0 Å². The zero-order valence-electron chi connectivity index (χ0n) is 13.2. The monoisotopic (exact) mass is 304 g/mol. The van der Waals surface area contributed by atoms with Crippen molar-refractivity contribution in [3.63, 3.8) is 0 Å². The van der Waals surface area contributed by atoms with E-state index in [0.717, 1.165) is 32.7 Å². The second kappa shape index (κ2) is 7.91. The first kappa shape index (κ1) is 16.5. The van der Waals surface area contributed by atoms with E-state index >= 15 is 0 Å². The van der Waals surface area contributed by atoms with E-state index in [4.69, 9.17) is 0 Å². The number of rotatable bonds is 4. The van der Waals surface area contributed by atoms with E-state index in [1.165, 1.54) is 12.6 Å². The normalized spacial score (nSPS) is 17.7. The molecule has 0 aromatic heterocycles. The van der Waals surface area contributed by atoms with E-state index in [2.05, 4.69) is 44.7 Å². The maximum absolute atomic E-state index is 12.0. The molecular weight excluding hydrogens is 280 g/mol. The number of urea groups is 1. The Morgan fingerprint density at radius 3 is 2.36 bits per heavy atom. The zero-order valence-corrected chi connectivity index (χ0v) is 13.2. The fraction of sp³-hybridized carbons (Fsp3) is 0.500. The molecule has 1 aliphatic rings. The predicted molar refractivity (Wildman–Crippen MR) is 85.4 cm³/mol. The lowest BCUT2D eigenvalue weighted by Crippen LogP contribution is -2.55. The summed E-state index contributed by atoms with van der Waals surface area (Å²) in [5.74, 6) is -0.254. The molecule has 1 saturated heterocycles. The fourth-order valence-corrected chi connectivity index (χ4v) is 2.60. The first-order valence-corrected chi connectivity index (χ1v) is 7.63. The molecule has 0 saturated carbocycles. The van der Waals surface area contributed by atoms with E-state index in [0.29, 0.717) is 0 Å². The number of nitrogens with one attached hydrogen (secondary N) is 2. The fourth-order valence-electron chi connectivity index (χ4n) is 2.60. The largest absolute Gasteiger partial charge is 0.341 e. The molecule has 6 heteroatoms. The van der Waals surface area contributed by atoms with E-state index in [-0.39, 0.29) is 11.9 Å². The van der Waals surface area contributed by atoms with Gasteiger partial charge < -0.3 is 5.32 Å². The lowest BCUT2D eigenvalue weighted by Gasteiger charge is -2.37. The molecule has 0 unspecified atom stereocenters. The summed E-state index contributed by atoms with van der Waals surface area (Å²) in [5.41, 5.74) is 1.31. The quantitative estimate of drug-likeness (QED) is 0.857. The van der Waals surface area contributed by atoms with Gasteiger partial charge in [-0.1, -0.05) is 30.3 Å². The molecule has 1 aromatic carbocycles. The summed E-state index contributed by atoms with van der Waals surface area (Å²) in [4.78, 5) is 27.6. The second-order valence-electron chi connectivity index (χ2n) is 5.54. The third-order valence-corrected chi connectivity index (χ3v) is 4.05. The molecule has 2 rings (SSSR count). The number of imide groups is 1. The highest BCUT2D eigenvalue weighted by Gasteiger charge is 2.26. The van der Waals surface area contributed by atoms with Gasteiger partial charge in [-0.2, -0.15) is 0 Å². The van der Waals surface area contributed by atoms with Crippen LogP contribution in [-0.4, -0.2) is 61.0 Å². The van der Waals surface area contributed by atoms with Gasteiger partial charge in [0.1, 0.15) is 0 Å². The highest BCUT2D eigenvalue weighted by molar-refractivity contribution is 5.96. The van der Waals surface area contributed by atoms with Crippen molar-refractivity contribution in [1.29, 1.82) is 0 Å². The third-order valence-electron chi connectivity index (χ3n) is 4.05. The summed E-state index contributed by atoms with van der Waals surface area (Å²) in [5, 5.41) is 4.72. The Kier molecular flexibility index (Phi) is 5.91. The summed E-state index contributed by atoms with van der Waals surface area (Å²) in [6.45, 7) is 6.28. The van der Waals surface area contributed by atoms with Gasteiger partial charge >= 0.3 is 6.03 Å². The van der Waals surface area contributed by atoms with Crippen molar-refractivity contribution in [2.45, 2.75) is 19.5 Å². The van der Waals surface area contributed by atoms with Crippen LogP contribution in [0.1, 0.15) is 12.5 Å². The Morgan fingerprint density at radius 2 is 1.77 bits per heavy atom. The number of carbonyl (C=O) groups excluding carboxylic acids is 2. The molecule has 3 amide bonds. The van der Waals surface area contributed by atoms with E-state index in [1.807, 2.05) is 13.0 Å². The van der Waals surface area contributed by atoms with Gasteiger partial charge in [0.15, 0.2) is 0 Å². The number of piperazine rings is 1. The third kappa shape index (κ3) is 4.54. The number of nitrogens with zero attached hydrogens (tertiary/aromatic N) is 2. The van der Waals surface area contributed by atoms with Crippen molar-refractivity contribution >= 4 is 11.9 Å². The van der Waals surface area contributed by atoms with Crippen molar-refractivity contribution in [1.82, 2.24) is 20.4 Å². The molecule has 1 fully saturated rings. The van der Waals surface area contributed by atoms with Crippen LogP contribution < -0.4 is 10.6 Å². The van der Waals surface area contributed by atoms with Gasteiger partial charge in [0.05, 0.1) is 6.04 Å². The molecule has 0 spiro atoms. The Bertz CT molecular complexity index is 498. The van der Waals surface area contributed by atoms with Gasteiger partial charge in [-0.15, -0.1) is 0 Å². The second-order valence-corrected chi connectivity index (χ2v) is 5.54. The lowest BCUT2D eigenvalue weighted by molar-refractivity contribution is -0.125. The van der Waals surface area contributed by atoms with Crippen molar-refractivity contribution in [3.8, 4) is 0 Å². The Labute approximate surface area is 131 Å². The van der Waals surface area contributed by atoms with Crippen LogP contribution in [0.3, 0.4) is 0 Å². The summed E-state index contributed by atoms with van der Waals surface area (Å²) in [6.07, 6.45) is 0. The molecule has 0 bridgehead atoms. The highest BCUT2D eigenvalue weighted by atomic mass is 16.2. The number of benzene rings is 1. The minimum Gasteiger partial charge on any atom is -0.341 e. The van der Waals surface area contributed by atoms with Crippen LogP contribution in [0.25, 0.3) is 0 Å². The topological polar surface area (TPSA) is 64.7 Å². The molecule has 1 heterocycles. The van der Waals surface area contributed by atoms with Gasteiger partial charge in [-0.25, -0.2) is 4.79 Å². The summed E-state index contributed by atoms with van der Waals surface area (Å²) >= 11 is 0. The van der Waals surface area contributed by atoms with Crippen LogP contribution in [-0.2, 0) is 11.3 Å².